The van der Waals surface area contributed by atoms with Crippen molar-refractivity contribution in [1.82, 2.24) is 19.5 Å². The van der Waals surface area contributed by atoms with E-state index in [1.165, 1.54) is 16.2 Å². The van der Waals surface area contributed by atoms with Crippen molar-refractivity contribution in [2.45, 2.75) is 0 Å². The Morgan fingerprint density at radius 1 is 0.350 bits per heavy atom. The molecule has 0 saturated heterocycles. The normalized spacial score (nSPS) is 11.7. The summed E-state index contributed by atoms with van der Waals surface area (Å²) in [6.07, 6.45) is 0. The van der Waals surface area contributed by atoms with Crippen molar-refractivity contribution in [2.75, 3.05) is 0 Å². The molecule has 0 atom stereocenters. The fraction of sp³-hybridized carbons (Fsp3) is 0. The van der Waals surface area contributed by atoms with E-state index < -0.39 is 0 Å². The minimum absolute atomic E-state index is 0.577. The molecule has 280 valence electrons. The molecule has 0 aliphatic rings. The summed E-state index contributed by atoms with van der Waals surface area (Å²) in [6, 6.07) is 72.2. The molecule has 0 amide bonds. The molecule has 5 heteroatoms. The number of furan rings is 1. The van der Waals surface area contributed by atoms with Gasteiger partial charge in [0.05, 0.1) is 11.0 Å². The first-order valence-electron chi connectivity index (χ1n) is 20.2. The predicted octanol–water partition coefficient (Wildman–Crippen LogP) is 14.4. The number of para-hydroxylation sites is 3. The highest BCUT2D eigenvalue weighted by molar-refractivity contribution is 6.14. The summed E-state index contributed by atoms with van der Waals surface area (Å²) in [6.45, 7) is 0. The van der Waals surface area contributed by atoms with Gasteiger partial charge in [0.2, 0.25) is 0 Å². The molecule has 9 aromatic carbocycles. The molecule has 0 spiro atoms. The van der Waals surface area contributed by atoms with Crippen molar-refractivity contribution in [3.63, 3.8) is 0 Å². The maximum Gasteiger partial charge on any atom is 0.165 e. The van der Waals surface area contributed by atoms with Crippen LogP contribution in [0.4, 0.5) is 0 Å². The Kier molecular flexibility index (Phi) is 7.78. The van der Waals surface area contributed by atoms with Crippen molar-refractivity contribution in [3.8, 4) is 62.1 Å². The highest BCUT2D eigenvalue weighted by Crippen LogP contribution is 2.46. The lowest BCUT2D eigenvalue weighted by Crippen LogP contribution is -2.03. The van der Waals surface area contributed by atoms with Crippen LogP contribution in [-0.2, 0) is 0 Å². The van der Waals surface area contributed by atoms with Gasteiger partial charge in [0.1, 0.15) is 11.2 Å². The van der Waals surface area contributed by atoms with Gasteiger partial charge in [0.15, 0.2) is 17.5 Å². The number of hydrogen-bond donors (Lipinski definition) is 0. The molecule has 0 N–H and O–H groups in total. The van der Waals surface area contributed by atoms with Gasteiger partial charge in [-0.1, -0.05) is 170 Å². The number of rotatable bonds is 6. The molecule has 0 bridgehead atoms. The van der Waals surface area contributed by atoms with E-state index in [4.69, 9.17) is 19.4 Å². The summed E-state index contributed by atoms with van der Waals surface area (Å²) in [5.41, 5.74) is 11.6. The van der Waals surface area contributed by atoms with Crippen LogP contribution in [0.15, 0.2) is 211 Å². The molecule has 0 aliphatic carbocycles. The first kappa shape index (κ1) is 33.9. The largest absolute Gasteiger partial charge is 0.455 e. The van der Waals surface area contributed by atoms with E-state index in [1.54, 1.807) is 0 Å². The molecule has 5 nitrogen and oxygen atoms in total. The monoisotopic (exact) mass is 766 g/mol. The Morgan fingerprint density at radius 2 is 0.917 bits per heavy atom. The molecule has 0 saturated carbocycles. The summed E-state index contributed by atoms with van der Waals surface area (Å²) in [5, 5.41) is 6.84. The van der Waals surface area contributed by atoms with Crippen LogP contribution in [0.2, 0.25) is 0 Å². The summed E-state index contributed by atoms with van der Waals surface area (Å²) < 4.78 is 9.28. The van der Waals surface area contributed by atoms with Gasteiger partial charge in [0.25, 0.3) is 0 Å². The lowest BCUT2D eigenvalue weighted by molar-refractivity contribution is 0.670. The van der Waals surface area contributed by atoms with Crippen LogP contribution in [0.3, 0.4) is 0 Å². The zero-order valence-corrected chi connectivity index (χ0v) is 32.3. The first-order valence-corrected chi connectivity index (χ1v) is 20.2. The lowest BCUT2D eigenvalue weighted by Gasteiger charge is -2.18. The van der Waals surface area contributed by atoms with Crippen LogP contribution in [0.1, 0.15) is 0 Å². The molecule has 3 aromatic heterocycles. The van der Waals surface area contributed by atoms with Gasteiger partial charge < -0.3 is 8.98 Å². The highest BCUT2D eigenvalue weighted by atomic mass is 16.3. The second-order valence-corrected chi connectivity index (χ2v) is 15.2. The standard InChI is InChI=1S/C55H34N4O/c1-3-17-36(18-4-1)53-56-54(37-19-5-2-6-20-37)58-55(57-53)51-41(39-31-30-35-16-7-8-21-38(35)32-39)25-15-26-45(51)47-34-40(33-46-44-24-11-14-29-50(44)60-52(46)47)59-48-27-12-9-22-42(48)43-23-10-13-28-49(43)59/h1-34H. The number of hydrogen-bond acceptors (Lipinski definition) is 4. The molecule has 0 aliphatic heterocycles. The van der Waals surface area contributed by atoms with Crippen LogP contribution in [0.5, 0.6) is 0 Å². The average Bonchev–Trinajstić information content (AvgIpc) is 3.87. The molecular formula is C55H34N4O. The number of benzene rings is 9. The third-order valence-electron chi connectivity index (χ3n) is 11.6. The van der Waals surface area contributed by atoms with Gasteiger partial charge >= 0.3 is 0 Å². The van der Waals surface area contributed by atoms with E-state index in [0.29, 0.717) is 17.5 Å². The van der Waals surface area contributed by atoms with Crippen LogP contribution in [0.25, 0.3) is 117 Å². The van der Waals surface area contributed by atoms with E-state index in [2.05, 4.69) is 168 Å². The maximum atomic E-state index is 6.90. The summed E-state index contributed by atoms with van der Waals surface area (Å²) in [5.74, 6) is 1.78. The van der Waals surface area contributed by atoms with Crippen molar-refractivity contribution in [2.24, 2.45) is 0 Å². The Hall–Kier alpha value is -8.15. The van der Waals surface area contributed by atoms with Crippen LogP contribution >= 0.6 is 0 Å². The second-order valence-electron chi connectivity index (χ2n) is 15.2. The number of fused-ring (bicyclic) bond motifs is 7. The van der Waals surface area contributed by atoms with E-state index in [1.807, 2.05) is 42.5 Å². The minimum Gasteiger partial charge on any atom is -0.455 e. The molecule has 0 unspecified atom stereocenters. The van der Waals surface area contributed by atoms with E-state index in [-0.39, 0.29) is 0 Å². The van der Waals surface area contributed by atoms with Crippen LogP contribution in [0, 0.1) is 0 Å². The van der Waals surface area contributed by atoms with Gasteiger partial charge in [0, 0.05) is 49.5 Å². The molecule has 0 radical (unpaired) electrons. The fourth-order valence-corrected chi connectivity index (χ4v) is 8.88. The number of aromatic nitrogens is 4. The third kappa shape index (κ3) is 5.52. The van der Waals surface area contributed by atoms with Crippen LogP contribution < -0.4 is 0 Å². The van der Waals surface area contributed by atoms with Crippen molar-refractivity contribution in [3.05, 3.63) is 206 Å². The van der Waals surface area contributed by atoms with Crippen LogP contribution in [-0.4, -0.2) is 19.5 Å². The van der Waals surface area contributed by atoms with Gasteiger partial charge in [-0.2, -0.15) is 0 Å². The van der Waals surface area contributed by atoms with Gasteiger partial charge in [-0.25, -0.2) is 15.0 Å². The zero-order chi connectivity index (χ0) is 39.6. The second kappa shape index (κ2) is 13.8. The lowest BCUT2D eigenvalue weighted by atomic mass is 9.89. The fourth-order valence-electron chi connectivity index (χ4n) is 8.88. The summed E-state index contributed by atoms with van der Waals surface area (Å²) in [7, 11) is 0. The summed E-state index contributed by atoms with van der Waals surface area (Å²) in [4.78, 5) is 15.8. The maximum absolute atomic E-state index is 6.90. The summed E-state index contributed by atoms with van der Waals surface area (Å²) >= 11 is 0. The molecule has 12 rings (SSSR count). The minimum atomic E-state index is 0.577. The Morgan fingerprint density at radius 3 is 1.62 bits per heavy atom. The number of nitrogens with zero attached hydrogens (tertiary/aromatic N) is 4. The molecule has 60 heavy (non-hydrogen) atoms. The predicted molar refractivity (Wildman–Crippen MR) is 246 cm³/mol. The average molecular weight is 767 g/mol. The Labute approximate surface area is 345 Å². The molecule has 0 fully saturated rings. The SMILES string of the molecule is c1ccc(-c2nc(-c3ccccc3)nc(-c3c(-c4ccc5ccccc5c4)cccc3-c3cc(-n4c5ccccc5c5ccccc54)cc4c3oc3ccccc34)n2)cc1. The van der Waals surface area contributed by atoms with Crippen molar-refractivity contribution < 1.29 is 4.42 Å². The molecule has 12 aromatic rings. The molecule has 3 heterocycles. The third-order valence-corrected chi connectivity index (χ3v) is 11.6. The van der Waals surface area contributed by atoms with E-state index >= 15 is 0 Å². The Bertz CT molecular complexity index is 3490. The quantitative estimate of drug-likeness (QED) is 0.169. The van der Waals surface area contributed by atoms with Crippen molar-refractivity contribution in [1.29, 1.82) is 0 Å². The highest BCUT2D eigenvalue weighted by Gasteiger charge is 2.24. The van der Waals surface area contributed by atoms with Crippen molar-refractivity contribution >= 4 is 54.5 Å². The first-order chi connectivity index (χ1) is 29.7. The van der Waals surface area contributed by atoms with Gasteiger partial charge in [-0.3, -0.25) is 0 Å². The Balaban J connectivity index is 1.21. The topological polar surface area (TPSA) is 56.7 Å². The van der Waals surface area contributed by atoms with E-state index in [0.717, 1.165) is 83.0 Å². The molecular weight excluding hydrogens is 733 g/mol. The van der Waals surface area contributed by atoms with Gasteiger partial charge in [-0.05, 0) is 63.9 Å². The van der Waals surface area contributed by atoms with Gasteiger partial charge in [-0.15, -0.1) is 0 Å². The zero-order valence-electron chi connectivity index (χ0n) is 32.3. The van der Waals surface area contributed by atoms with E-state index in [9.17, 15) is 0 Å². The smallest absolute Gasteiger partial charge is 0.165 e.